The van der Waals surface area contributed by atoms with Crippen molar-refractivity contribution in [3.63, 3.8) is 0 Å². The molecule has 4 rings (SSSR count). The summed E-state index contributed by atoms with van der Waals surface area (Å²) in [7, 11) is 2.12. The second kappa shape index (κ2) is 4.52. The third-order valence-electron chi connectivity index (χ3n) is 5.35. The highest BCUT2D eigenvalue weighted by molar-refractivity contribution is 5.40. The van der Waals surface area contributed by atoms with Crippen LogP contribution in [0, 0.1) is 17.8 Å². The number of ether oxygens (including phenoxy) is 1. The topological polar surface area (TPSA) is 21.3 Å². The number of hydrogen-bond donors (Lipinski definition) is 1. The molecule has 1 aliphatic heterocycles. The van der Waals surface area contributed by atoms with Gasteiger partial charge >= 0.3 is 0 Å². The van der Waals surface area contributed by atoms with Crippen LogP contribution in [0.5, 0.6) is 5.75 Å². The van der Waals surface area contributed by atoms with Crippen LogP contribution >= 0.6 is 0 Å². The van der Waals surface area contributed by atoms with Crippen LogP contribution in [0.2, 0.25) is 0 Å². The predicted molar refractivity (Wildman–Crippen MR) is 76.4 cm³/mol. The van der Waals surface area contributed by atoms with E-state index in [0.717, 1.165) is 36.5 Å². The van der Waals surface area contributed by atoms with Gasteiger partial charge in [0.15, 0.2) is 0 Å². The normalized spacial score (nSPS) is 33.2. The van der Waals surface area contributed by atoms with Crippen LogP contribution in [-0.4, -0.2) is 13.7 Å². The first kappa shape index (κ1) is 11.8. The minimum atomic E-state index is 0.542. The third kappa shape index (κ3) is 2.06. The largest absolute Gasteiger partial charge is 0.493 e. The van der Waals surface area contributed by atoms with Crippen LogP contribution in [0.3, 0.4) is 0 Å². The molecule has 1 aromatic carbocycles. The van der Waals surface area contributed by atoms with Gasteiger partial charge < -0.3 is 10.1 Å². The van der Waals surface area contributed by atoms with Crippen molar-refractivity contribution in [2.24, 2.45) is 17.8 Å². The molecule has 0 amide bonds. The molecule has 0 aromatic heterocycles. The molecule has 1 aromatic rings. The maximum atomic E-state index is 5.72. The molecule has 0 spiro atoms. The Balaban J connectivity index is 1.58. The van der Waals surface area contributed by atoms with Crippen LogP contribution in [-0.2, 0) is 6.42 Å². The molecule has 3 aliphatic rings. The molecule has 3 atom stereocenters. The molecule has 2 aliphatic carbocycles. The van der Waals surface area contributed by atoms with E-state index in [1.165, 1.54) is 36.8 Å². The molecular weight excluding hydrogens is 234 g/mol. The van der Waals surface area contributed by atoms with Crippen LogP contribution in [0.25, 0.3) is 0 Å². The Morgan fingerprint density at radius 3 is 2.84 bits per heavy atom. The Bertz CT molecular complexity index is 474. The summed E-state index contributed by atoms with van der Waals surface area (Å²) < 4.78 is 5.72. The zero-order chi connectivity index (χ0) is 12.8. The van der Waals surface area contributed by atoms with Crippen molar-refractivity contribution in [2.45, 2.75) is 38.1 Å². The van der Waals surface area contributed by atoms with Gasteiger partial charge in [-0.05, 0) is 74.1 Å². The summed E-state index contributed by atoms with van der Waals surface area (Å²) in [4.78, 5) is 0. The van der Waals surface area contributed by atoms with Gasteiger partial charge in [0.05, 0.1) is 6.61 Å². The molecule has 1 N–H and O–H groups in total. The molecule has 102 valence electrons. The van der Waals surface area contributed by atoms with E-state index in [4.69, 9.17) is 4.74 Å². The fourth-order valence-electron chi connectivity index (χ4n) is 4.28. The third-order valence-corrected chi connectivity index (χ3v) is 5.35. The molecule has 2 fully saturated rings. The Hall–Kier alpha value is -1.02. The first-order valence-corrected chi connectivity index (χ1v) is 7.78. The van der Waals surface area contributed by atoms with E-state index < -0.39 is 0 Å². The Morgan fingerprint density at radius 2 is 2.05 bits per heavy atom. The van der Waals surface area contributed by atoms with E-state index in [2.05, 4.69) is 30.6 Å². The van der Waals surface area contributed by atoms with Crippen molar-refractivity contribution >= 4 is 0 Å². The highest BCUT2D eigenvalue weighted by Crippen LogP contribution is 2.57. The van der Waals surface area contributed by atoms with E-state index in [1.807, 2.05) is 0 Å². The summed E-state index contributed by atoms with van der Waals surface area (Å²) in [6, 6.07) is 7.39. The van der Waals surface area contributed by atoms with Crippen molar-refractivity contribution < 1.29 is 4.74 Å². The van der Waals surface area contributed by atoms with Crippen LogP contribution in [0.1, 0.15) is 42.9 Å². The predicted octanol–water partition coefficient (Wildman–Crippen LogP) is 3.32. The smallest absolute Gasteiger partial charge is 0.122 e. The fraction of sp³-hybridized carbons (Fsp3) is 0.647. The molecule has 1 heterocycles. The van der Waals surface area contributed by atoms with Gasteiger partial charge in [0.2, 0.25) is 0 Å². The van der Waals surface area contributed by atoms with Crippen molar-refractivity contribution in [3.05, 3.63) is 29.3 Å². The highest BCUT2D eigenvalue weighted by Gasteiger charge is 2.47. The molecule has 0 radical (unpaired) electrons. The van der Waals surface area contributed by atoms with Crippen molar-refractivity contribution in [1.29, 1.82) is 0 Å². The molecule has 2 nitrogen and oxygen atoms in total. The summed E-state index contributed by atoms with van der Waals surface area (Å²) in [5, 5.41) is 3.57. The van der Waals surface area contributed by atoms with Crippen molar-refractivity contribution in [3.8, 4) is 5.75 Å². The van der Waals surface area contributed by atoms with E-state index in [-0.39, 0.29) is 0 Å². The number of hydrogen-bond acceptors (Lipinski definition) is 2. The van der Waals surface area contributed by atoms with Gasteiger partial charge in [-0.3, -0.25) is 0 Å². The lowest BCUT2D eigenvalue weighted by molar-refractivity contribution is 0.287. The van der Waals surface area contributed by atoms with Crippen molar-refractivity contribution in [1.82, 2.24) is 5.32 Å². The lowest BCUT2D eigenvalue weighted by Crippen LogP contribution is -2.25. The summed E-state index contributed by atoms with van der Waals surface area (Å²) >= 11 is 0. The Labute approximate surface area is 115 Å². The van der Waals surface area contributed by atoms with E-state index in [0.29, 0.717) is 6.04 Å². The molecule has 3 unspecified atom stereocenters. The number of aryl methyl sites for hydroxylation is 1. The number of rotatable bonds is 3. The first-order chi connectivity index (χ1) is 9.35. The quantitative estimate of drug-likeness (QED) is 0.897. The van der Waals surface area contributed by atoms with Gasteiger partial charge in [-0.15, -0.1) is 0 Å². The molecule has 2 heteroatoms. The molecule has 19 heavy (non-hydrogen) atoms. The lowest BCUT2D eigenvalue weighted by atomic mass is 9.88. The minimum Gasteiger partial charge on any atom is -0.493 e. The zero-order valence-electron chi connectivity index (χ0n) is 11.7. The molecule has 0 saturated heterocycles. The van der Waals surface area contributed by atoms with Gasteiger partial charge in [-0.1, -0.05) is 12.1 Å². The monoisotopic (exact) mass is 257 g/mol. The summed E-state index contributed by atoms with van der Waals surface area (Å²) in [5.41, 5.74) is 2.88. The van der Waals surface area contributed by atoms with Gasteiger partial charge in [-0.25, -0.2) is 0 Å². The Morgan fingerprint density at radius 1 is 1.21 bits per heavy atom. The van der Waals surface area contributed by atoms with Crippen LogP contribution < -0.4 is 10.1 Å². The standard InChI is InChI=1S/C17H23NO/c1-18-17(15-9-13-8-14(13)10-15)12-4-5-16-11(7-12)3-2-6-19-16/h4-5,7,13-15,17-18H,2-3,6,8-10H2,1H3. The summed E-state index contributed by atoms with van der Waals surface area (Å²) in [6.45, 7) is 0.883. The van der Waals surface area contributed by atoms with Crippen LogP contribution in [0.15, 0.2) is 18.2 Å². The molecule has 2 saturated carbocycles. The Kier molecular flexibility index (Phi) is 2.80. The zero-order valence-corrected chi connectivity index (χ0v) is 11.7. The van der Waals surface area contributed by atoms with Gasteiger partial charge in [0.25, 0.3) is 0 Å². The van der Waals surface area contributed by atoms with Gasteiger partial charge in [-0.2, -0.15) is 0 Å². The number of benzene rings is 1. The van der Waals surface area contributed by atoms with Gasteiger partial charge in [0, 0.05) is 6.04 Å². The SMILES string of the molecule is CNC(c1ccc2c(c1)CCCO2)C1CC2CC2C1. The minimum absolute atomic E-state index is 0.542. The van der Waals surface area contributed by atoms with Crippen LogP contribution in [0.4, 0.5) is 0 Å². The molecule has 0 bridgehead atoms. The average Bonchev–Trinajstić information content (AvgIpc) is 3.06. The average molecular weight is 257 g/mol. The highest BCUT2D eigenvalue weighted by atomic mass is 16.5. The van der Waals surface area contributed by atoms with Crippen molar-refractivity contribution in [2.75, 3.05) is 13.7 Å². The summed E-state index contributed by atoms with van der Waals surface area (Å²) in [5.74, 6) is 4.07. The van der Waals surface area contributed by atoms with Gasteiger partial charge in [0.1, 0.15) is 5.75 Å². The van der Waals surface area contributed by atoms with E-state index in [9.17, 15) is 0 Å². The number of fused-ring (bicyclic) bond motifs is 2. The van der Waals surface area contributed by atoms with E-state index in [1.54, 1.807) is 0 Å². The van der Waals surface area contributed by atoms with E-state index >= 15 is 0 Å². The first-order valence-electron chi connectivity index (χ1n) is 7.78. The maximum absolute atomic E-state index is 5.72. The second-order valence-corrected chi connectivity index (χ2v) is 6.57. The number of nitrogens with one attached hydrogen (secondary N) is 1. The summed E-state index contributed by atoms with van der Waals surface area (Å²) in [6.07, 6.45) is 6.71. The second-order valence-electron chi connectivity index (χ2n) is 6.57. The lowest BCUT2D eigenvalue weighted by Gasteiger charge is -2.26. The fourth-order valence-corrected chi connectivity index (χ4v) is 4.28. The maximum Gasteiger partial charge on any atom is 0.122 e. The molecular formula is C17H23NO.